The molecular weight excluding hydrogens is 294 g/mol. The number of benzene rings is 1. The molecule has 5 heteroatoms. The fourth-order valence-electron chi connectivity index (χ4n) is 1.81. The number of thioether (sulfide) groups is 1. The minimum absolute atomic E-state index is 0. The van der Waals surface area contributed by atoms with Crippen LogP contribution in [0, 0.1) is 13.8 Å². The Balaban J connectivity index is 0.00000361. The highest BCUT2D eigenvalue weighted by Crippen LogP contribution is 2.20. The molecule has 114 valence electrons. The van der Waals surface area contributed by atoms with Crippen molar-refractivity contribution in [3.05, 3.63) is 29.3 Å². The zero-order valence-electron chi connectivity index (χ0n) is 12.3. The van der Waals surface area contributed by atoms with Gasteiger partial charge in [-0.25, -0.2) is 0 Å². The van der Waals surface area contributed by atoms with Gasteiger partial charge in [0, 0.05) is 17.2 Å². The van der Waals surface area contributed by atoms with E-state index < -0.39 is 12.0 Å². The molecule has 1 unspecified atom stereocenters. The number of carbonyl (C=O) groups is 1. The van der Waals surface area contributed by atoms with Gasteiger partial charge in [0.2, 0.25) is 0 Å². The van der Waals surface area contributed by atoms with Gasteiger partial charge in [-0.2, -0.15) is 0 Å². The fraction of sp³-hybridized carbons (Fsp3) is 0.533. The van der Waals surface area contributed by atoms with Gasteiger partial charge in [0.05, 0.1) is 0 Å². The Bertz CT molecular complexity index is 426. The van der Waals surface area contributed by atoms with Gasteiger partial charge in [-0.05, 0) is 43.5 Å². The van der Waals surface area contributed by atoms with E-state index in [-0.39, 0.29) is 12.4 Å². The van der Waals surface area contributed by atoms with E-state index in [1.54, 1.807) is 11.8 Å². The molecule has 1 rings (SSSR count). The maximum atomic E-state index is 11.0. The lowest BCUT2D eigenvalue weighted by Gasteiger charge is -2.13. The Hall–Kier alpha value is -0.710. The third-order valence-electron chi connectivity index (χ3n) is 3.12. The second-order valence-electron chi connectivity index (χ2n) is 4.73. The second-order valence-corrected chi connectivity index (χ2v) is 5.90. The molecule has 0 spiro atoms. The van der Waals surface area contributed by atoms with Gasteiger partial charge in [0.25, 0.3) is 0 Å². The summed E-state index contributed by atoms with van der Waals surface area (Å²) < 4.78 is 0. The van der Waals surface area contributed by atoms with Gasteiger partial charge in [-0.15, -0.1) is 24.2 Å². The van der Waals surface area contributed by atoms with E-state index in [4.69, 9.17) is 5.11 Å². The molecule has 0 saturated carbocycles. The Morgan fingerprint density at radius 1 is 1.35 bits per heavy atom. The van der Waals surface area contributed by atoms with Gasteiger partial charge < -0.3 is 10.4 Å². The minimum Gasteiger partial charge on any atom is -0.480 e. The van der Waals surface area contributed by atoms with Crippen LogP contribution in [-0.4, -0.2) is 29.4 Å². The first-order chi connectivity index (χ1) is 9.04. The van der Waals surface area contributed by atoms with Crippen molar-refractivity contribution in [2.24, 2.45) is 0 Å². The predicted molar refractivity (Wildman–Crippen MR) is 88.2 cm³/mol. The summed E-state index contributed by atoms with van der Waals surface area (Å²) in [5.74, 6) is 0.133. The quantitative estimate of drug-likeness (QED) is 0.567. The Kier molecular flexibility index (Phi) is 9.72. The summed E-state index contributed by atoms with van der Waals surface area (Å²) in [5.41, 5.74) is 2.60. The molecule has 0 bridgehead atoms. The van der Waals surface area contributed by atoms with Gasteiger partial charge in [-0.1, -0.05) is 19.4 Å². The van der Waals surface area contributed by atoms with E-state index in [9.17, 15) is 4.79 Å². The predicted octanol–water partition coefficient (Wildman–Crippen LogP) is 3.66. The van der Waals surface area contributed by atoms with Gasteiger partial charge >= 0.3 is 5.97 Å². The third kappa shape index (κ3) is 6.64. The molecule has 0 saturated heterocycles. The first kappa shape index (κ1) is 19.3. The highest BCUT2D eigenvalue weighted by Gasteiger charge is 2.14. The molecule has 1 aromatic rings. The van der Waals surface area contributed by atoms with Crippen LogP contribution in [0.25, 0.3) is 0 Å². The van der Waals surface area contributed by atoms with Gasteiger partial charge in [-0.3, -0.25) is 4.79 Å². The molecule has 0 aliphatic heterocycles. The van der Waals surface area contributed by atoms with Crippen LogP contribution in [0.15, 0.2) is 23.1 Å². The number of halogens is 1. The number of carboxylic acids is 1. The van der Waals surface area contributed by atoms with Crippen molar-refractivity contribution in [3.8, 4) is 0 Å². The number of aryl methyl sites for hydroxylation is 2. The summed E-state index contributed by atoms with van der Waals surface area (Å²) in [7, 11) is 0. The van der Waals surface area contributed by atoms with Crippen molar-refractivity contribution in [2.75, 3.05) is 12.3 Å². The summed E-state index contributed by atoms with van der Waals surface area (Å²) in [6.45, 7) is 6.93. The average Bonchev–Trinajstić information content (AvgIpc) is 2.37. The lowest BCUT2D eigenvalue weighted by atomic mass is 10.1. The molecule has 0 heterocycles. The zero-order chi connectivity index (χ0) is 14.3. The average molecular weight is 318 g/mol. The molecule has 1 aromatic carbocycles. The lowest BCUT2D eigenvalue weighted by molar-refractivity contribution is -0.139. The molecule has 0 aliphatic rings. The molecular formula is C15H24ClNO2S. The lowest BCUT2D eigenvalue weighted by Crippen LogP contribution is -2.37. The Morgan fingerprint density at radius 2 is 2.05 bits per heavy atom. The number of hydrogen-bond acceptors (Lipinski definition) is 3. The van der Waals surface area contributed by atoms with Crippen LogP contribution in [0.1, 0.15) is 30.9 Å². The van der Waals surface area contributed by atoms with Crippen LogP contribution in [0.5, 0.6) is 0 Å². The maximum absolute atomic E-state index is 11.0. The molecule has 0 amide bonds. The van der Waals surface area contributed by atoms with Crippen molar-refractivity contribution < 1.29 is 9.90 Å². The first-order valence-electron chi connectivity index (χ1n) is 6.70. The molecule has 0 aromatic heterocycles. The molecule has 0 fully saturated rings. The van der Waals surface area contributed by atoms with E-state index in [1.807, 2.05) is 6.92 Å². The van der Waals surface area contributed by atoms with Crippen molar-refractivity contribution in [1.82, 2.24) is 5.32 Å². The monoisotopic (exact) mass is 317 g/mol. The van der Waals surface area contributed by atoms with Gasteiger partial charge in [0.1, 0.15) is 6.04 Å². The maximum Gasteiger partial charge on any atom is 0.320 e. The normalized spacial score (nSPS) is 11.8. The van der Waals surface area contributed by atoms with E-state index in [2.05, 4.69) is 37.4 Å². The van der Waals surface area contributed by atoms with Crippen molar-refractivity contribution in [1.29, 1.82) is 0 Å². The summed E-state index contributed by atoms with van der Waals surface area (Å²) in [5, 5.41) is 12.1. The highest BCUT2D eigenvalue weighted by atomic mass is 35.5. The molecule has 2 N–H and O–H groups in total. The van der Waals surface area contributed by atoms with Gasteiger partial charge in [0.15, 0.2) is 0 Å². The number of hydrogen-bond donors (Lipinski definition) is 2. The second kappa shape index (κ2) is 10.1. The van der Waals surface area contributed by atoms with Crippen LogP contribution < -0.4 is 5.32 Å². The van der Waals surface area contributed by atoms with E-state index in [1.165, 1.54) is 16.0 Å². The number of rotatable bonds is 8. The largest absolute Gasteiger partial charge is 0.480 e. The number of carboxylic acid groups (broad SMARTS) is 1. The minimum atomic E-state index is -0.752. The van der Waals surface area contributed by atoms with E-state index >= 15 is 0 Å². The number of aliphatic carboxylic acids is 1. The summed E-state index contributed by atoms with van der Waals surface area (Å²) in [6, 6.07) is 6.02. The smallest absolute Gasteiger partial charge is 0.320 e. The summed E-state index contributed by atoms with van der Waals surface area (Å²) >= 11 is 1.76. The number of nitrogens with one attached hydrogen (secondary N) is 1. The van der Waals surface area contributed by atoms with Crippen LogP contribution in [-0.2, 0) is 4.79 Å². The molecule has 0 radical (unpaired) electrons. The topological polar surface area (TPSA) is 49.3 Å². The standard InChI is InChI=1S/C15H23NO2S.ClH/c1-4-5-14(15(17)18)16-8-9-19-13-7-6-11(2)12(3)10-13;/h6-7,10,14,16H,4-5,8-9H2,1-3H3,(H,17,18);1H. The first-order valence-corrected chi connectivity index (χ1v) is 7.69. The summed E-state index contributed by atoms with van der Waals surface area (Å²) in [6.07, 6.45) is 1.57. The van der Waals surface area contributed by atoms with Crippen LogP contribution in [0.4, 0.5) is 0 Å². The van der Waals surface area contributed by atoms with Crippen molar-refractivity contribution >= 4 is 30.1 Å². The Morgan fingerprint density at radius 3 is 2.60 bits per heavy atom. The molecule has 3 nitrogen and oxygen atoms in total. The molecule has 20 heavy (non-hydrogen) atoms. The van der Waals surface area contributed by atoms with Crippen molar-refractivity contribution in [2.45, 2.75) is 44.6 Å². The van der Waals surface area contributed by atoms with Crippen LogP contribution in [0.2, 0.25) is 0 Å². The van der Waals surface area contributed by atoms with Crippen LogP contribution in [0.3, 0.4) is 0 Å². The SMILES string of the molecule is CCCC(NCCSc1ccc(C)c(C)c1)C(=O)O.Cl. The Labute approximate surface area is 131 Å². The fourth-order valence-corrected chi connectivity index (χ4v) is 2.69. The molecule has 1 atom stereocenters. The van der Waals surface area contributed by atoms with E-state index in [0.717, 1.165) is 12.2 Å². The third-order valence-corrected chi connectivity index (χ3v) is 4.11. The van der Waals surface area contributed by atoms with E-state index in [0.29, 0.717) is 13.0 Å². The summed E-state index contributed by atoms with van der Waals surface area (Å²) in [4.78, 5) is 12.2. The molecule has 0 aliphatic carbocycles. The zero-order valence-corrected chi connectivity index (χ0v) is 13.9. The highest BCUT2D eigenvalue weighted by molar-refractivity contribution is 7.99. The van der Waals surface area contributed by atoms with Crippen molar-refractivity contribution in [3.63, 3.8) is 0 Å². The van der Waals surface area contributed by atoms with Crippen LogP contribution >= 0.6 is 24.2 Å².